The molecule has 0 atom stereocenters. The van der Waals surface area contributed by atoms with Gasteiger partial charge in [0, 0.05) is 43.1 Å². The Bertz CT molecular complexity index is 989. The number of carbonyl (C=O) groups is 2. The predicted molar refractivity (Wildman–Crippen MR) is 104 cm³/mol. The molecule has 2 amide bonds. The topological polar surface area (TPSA) is 93.0 Å². The third kappa shape index (κ3) is 3.85. The van der Waals surface area contributed by atoms with Crippen LogP contribution >= 0.6 is 0 Å². The molecule has 0 aromatic carbocycles. The number of fused-ring (bicyclic) bond motifs is 1. The molecule has 0 saturated carbocycles. The van der Waals surface area contributed by atoms with Gasteiger partial charge in [-0.2, -0.15) is 0 Å². The number of aromatic nitrogens is 4. The Labute approximate surface area is 162 Å². The SMILES string of the molecule is Cc1cnc(C(=O)NC2CCN(C(=O)Cn3ccc4ccncc43)CC2)cn1. The van der Waals surface area contributed by atoms with Crippen LogP contribution in [0.3, 0.4) is 0 Å². The molecular formula is C20H22N6O2. The maximum atomic E-state index is 12.7. The average Bonchev–Trinajstić information content (AvgIpc) is 3.12. The van der Waals surface area contributed by atoms with Crippen molar-refractivity contribution in [3.05, 3.63) is 54.5 Å². The second kappa shape index (κ2) is 7.75. The highest BCUT2D eigenvalue weighted by Crippen LogP contribution is 2.16. The molecule has 3 aromatic heterocycles. The molecule has 4 heterocycles. The number of pyridine rings is 1. The van der Waals surface area contributed by atoms with Crippen molar-refractivity contribution in [1.82, 2.24) is 29.7 Å². The maximum Gasteiger partial charge on any atom is 0.271 e. The first-order chi connectivity index (χ1) is 13.6. The summed E-state index contributed by atoms with van der Waals surface area (Å²) in [7, 11) is 0. The smallest absolute Gasteiger partial charge is 0.271 e. The summed E-state index contributed by atoms with van der Waals surface area (Å²) in [6.45, 7) is 3.38. The first-order valence-electron chi connectivity index (χ1n) is 9.36. The Morgan fingerprint density at radius 1 is 1.14 bits per heavy atom. The number of carbonyl (C=O) groups excluding carboxylic acids is 2. The standard InChI is InChI=1S/C20H22N6O2/c1-14-10-23-17(11-22-14)20(28)24-16-4-8-25(9-5-16)19(27)13-26-7-3-15-2-6-21-12-18(15)26/h2-3,6-7,10-12,16H,4-5,8-9,13H2,1H3,(H,24,28). The van der Waals surface area contributed by atoms with Gasteiger partial charge in [0.2, 0.25) is 5.91 Å². The molecule has 0 bridgehead atoms. The van der Waals surface area contributed by atoms with Gasteiger partial charge in [0.05, 0.1) is 23.6 Å². The number of nitrogens with zero attached hydrogens (tertiary/aromatic N) is 5. The summed E-state index contributed by atoms with van der Waals surface area (Å²) >= 11 is 0. The van der Waals surface area contributed by atoms with Crippen LogP contribution in [0.15, 0.2) is 43.1 Å². The zero-order chi connectivity index (χ0) is 19.5. The lowest BCUT2D eigenvalue weighted by atomic mass is 10.0. The first-order valence-corrected chi connectivity index (χ1v) is 9.36. The number of likely N-dealkylation sites (tertiary alicyclic amines) is 1. The van der Waals surface area contributed by atoms with E-state index in [0.717, 1.165) is 29.4 Å². The Morgan fingerprint density at radius 2 is 1.96 bits per heavy atom. The zero-order valence-electron chi connectivity index (χ0n) is 15.7. The lowest BCUT2D eigenvalue weighted by molar-refractivity contribution is -0.132. The molecule has 0 radical (unpaired) electrons. The number of hydrogen-bond donors (Lipinski definition) is 1. The van der Waals surface area contributed by atoms with Crippen molar-refractivity contribution in [2.24, 2.45) is 0 Å². The van der Waals surface area contributed by atoms with Gasteiger partial charge in [-0.15, -0.1) is 0 Å². The summed E-state index contributed by atoms with van der Waals surface area (Å²) in [6.07, 6.45) is 9.96. The van der Waals surface area contributed by atoms with Crippen LogP contribution in [0.5, 0.6) is 0 Å². The van der Waals surface area contributed by atoms with Crippen LogP contribution in [-0.4, -0.2) is 55.4 Å². The molecule has 1 saturated heterocycles. The van der Waals surface area contributed by atoms with E-state index in [2.05, 4.69) is 20.3 Å². The van der Waals surface area contributed by atoms with Crippen molar-refractivity contribution in [3.8, 4) is 0 Å². The summed E-state index contributed by atoms with van der Waals surface area (Å²) in [5.74, 6) is -0.140. The number of nitrogens with one attached hydrogen (secondary N) is 1. The van der Waals surface area contributed by atoms with Crippen molar-refractivity contribution in [2.45, 2.75) is 32.4 Å². The third-order valence-electron chi connectivity index (χ3n) is 5.08. The molecule has 0 unspecified atom stereocenters. The van der Waals surface area contributed by atoms with Crippen molar-refractivity contribution in [3.63, 3.8) is 0 Å². The number of amides is 2. The normalized spacial score (nSPS) is 15.0. The Morgan fingerprint density at radius 3 is 2.71 bits per heavy atom. The minimum absolute atomic E-state index is 0.0382. The molecule has 4 rings (SSSR count). The number of piperidine rings is 1. The van der Waals surface area contributed by atoms with Crippen LogP contribution in [-0.2, 0) is 11.3 Å². The van der Waals surface area contributed by atoms with E-state index < -0.39 is 0 Å². The van der Waals surface area contributed by atoms with E-state index >= 15 is 0 Å². The van der Waals surface area contributed by atoms with E-state index in [1.165, 1.54) is 6.20 Å². The Kier molecular flexibility index (Phi) is 5.01. The van der Waals surface area contributed by atoms with E-state index in [1.807, 2.05) is 34.7 Å². The fraction of sp³-hybridized carbons (Fsp3) is 0.350. The van der Waals surface area contributed by atoms with Gasteiger partial charge in [-0.25, -0.2) is 4.98 Å². The highest BCUT2D eigenvalue weighted by Gasteiger charge is 2.24. The summed E-state index contributed by atoms with van der Waals surface area (Å²) in [5.41, 5.74) is 2.05. The van der Waals surface area contributed by atoms with Crippen LogP contribution in [0.25, 0.3) is 10.9 Å². The number of aryl methyl sites for hydroxylation is 1. The molecule has 8 nitrogen and oxygen atoms in total. The van der Waals surface area contributed by atoms with Crippen LogP contribution in [0.2, 0.25) is 0 Å². The van der Waals surface area contributed by atoms with Gasteiger partial charge >= 0.3 is 0 Å². The Balaban J connectivity index is 1.30. The van der Waals surface area contributed by atoms with Crippen LogP contribution < -0.4 is 5.32 Å². The third-order valence-corrected chi connectivity index (χ3v) is 5.08. The molecule has 1 N–H and O–H groups in total. The van der Waals surface area contributed by atoms with E-state index in [1.54, 1.807) is 18.6 Å². The minimum Gasteiger partial charge on any atom is -0.348 e. The van der Waals surface area contributed by atoms with Crippen LogP contribution in [0.4, 0.5) is 0 Å². The van der Waals surface area contributed by atoms with Crippen molar-refractivity contribution >= 4 is 22.7 Å². The van der Waals surface area contributed by atoms with Gasteiger partial charge < -0.3 is 14.8 Å². The molecule has 8 heteroatoms. The van der Waals surface area contributed by atoms with Gasteiger partial charge in [0.25, 0.3) is 5.91 Å². The van der Waals surface area contributed by atoms with Crippen molar-refractivity contribution in [2.75, 3.05) is 13.1 Å². The van der Waals surface area contributed by atoms with E-state index in [0.29, 0.717) is 25.3 Å². The molecule has 0 spiro atoms. The number of hydrogen-bond acceptors (Lipinski definition) is 5. The first kappa shape index (κ1) is 18.1. The van der Waals surface area contributed by atoms with Crippen molar-refractivity contribution < 1.29 is 9.59 Å². The molecule has 144 valence electrons. The average molecular weight is 378 g/mol. The predicted octanol–water partition coefficient (Wildman–Crippen LogP) is 1.56. The summed E-state index contributed by atoms with van der Waals surface area (Å²) < 4.78 is 1.93. The largest absolute Gasteiger partial charge is 0.348 e. The lowest BCUT2D eigenvalue weighted by Gasteiger charge is -2.32. The lowest BCUT2D eigenvalue weighted by Crippen LogP contribution is -2.47. The molecule has 1 aliphatic rings. The van der Waals surface area contributed by atoms with Gasteiger partial charge in [-0.1, -0.05) is 0 Å². The van der Waals surface area contributed by atoms with Gasteiger partial charge in [-0.3, -0.25) is 19.6 Å². The highest BCUT2D eigenvalue weighted by molar-refractivity contribution is 5.92. The fourth-order valence-electron chi connectivity index (χ4n) is 3.45. The second-order valence-electron chi connectivity index (χ2n) is 7.05. The Hall–Kier alpha value is -3.29. The molecule has 1 fully saturated rings. The molecule has 0 aliphatic carbocycles. The monoisotopic (exact) mass is 378 g/mol. The maximum absolute atomic E-state index is 12.7. The van der Waals surface area contributed by atoms with Crippen LogP contribution in [0, 0.1) is 6.92 Å². The van der Waals surface area contributed by atoms with Gasteiger partial charge in [-0.05, 0) is 31.9 Å². The fourth-order valence-corrected chi connectivity index (χ4v) is 3.45. The number of rotatable bonds is 4. The molecule has 3 aromatic rings. The zero-order valence-corrected chi connectivity index (χ0v) is 15.7. The molecule has 28 heavy (non-hydrogen) atoms. The minimum atomic E-state index is -0.219. The van der Waals surface area contributed by atoms with E-state index in [9.17, 15) is 9.59 Å². The van der Waals surface area contributed by atoms with E-state index in [4.69, 9.17) is 0 Å². The second-order valence-corrected chi connectivity index (χ2v) is 7.05. The molecular weight excluding hydrogens is 356 g/mol. The van der Waals surface area contributed by atoms with Gasteiger partial charge in [0.1, 0.15) is 12.2 Å². The quantitative estimate of drug-likeness (QED) is 0.744. The van der Waals surface area contributed by atoms with Crippen molar-refractivity contribution in [1.29, 1.82) is 0 Å². The highest BCUT2D eigenvalue weighted by atomic mass is 16.2. The summed E-state index contributed by atoms with van der Waals surface area (Å²) in [4.78, 5) is 39.1. The molecule has 1 aliphatic heterocycles. The van der Waals surface area contributed by atoms with Crippen LogP contribution in [0.1, 0.15) is 29.0 Å². The van der Waals surface area contributed by atoms with E-state index in [-0.39, 0.29) is 17.9 Å². The summed E-state index contributed by atoms with van der Waals surface area (Å²) in [5, 5.41) is 4.06. The van der Waals surface area contributed by atoms with Gasteiger partial charge in [0.15, 0.2) is 0 Å². The summed E-state index contributed by atoms with van der Waals surface area (Å²) in [6, 6.07) is 3.96.